The molecule has 0 spiro atoms. The average molecular weight is 326 g/mol. The van der Waals surface area contributed by atoms with Crippen LogP contribution in [0.25, 0.3) is 0 Å². The Morgan fingerprint density at radius 2 is 2.11 bits per heavy atom. The molecule has 106 valence electrons. The van der Waals surface area contributed by atoms with Gasteiger partial charge < -0.3 is 10.1 Å². The maximum absolute atomic E-state index is 6.07. The van der Waals surface area contributed by atoms with Crippen LogP contribution in [-0.2, 0) is 0 Å². The van der Waals surface area contributed by atoms with Crippen LogP contribution in [0.5, 0.6) is 5.75 Å². The summed E-state index contributed by atoms with van der Waals surface area (Å²) in [6.07, 6.45) is 5.38. The molecule has 1 N–H and O–H groups in total. The molecule has 1 aliphatic rings. The van der Waals surface area contributed by atoms with E-state index < -0.39 is 0 Å². The number of piperidine rings is 1. The molecule has 0 radical (unpaired) electrons. The van der Waals surface area contributed by atoms with E-state index in [4.69, 9.17) is 4.74 Å². The van der Waals surface area contributed by atoms with Gasteiger partial charge in [0.15, 0.2) is 0 Å². The predicted molar refractivity (Wildman–Crippen MR) is 83.8 cm³/mol. The highest BCUT2D eigenvalue weighted by molar-refractivity contribution is 9.10. The molecule has 2 nitrogen and oxygen atoms in total. The van der Waals surface area contributed by atoms with Gasteiger partial charge in [0.2, 0.25) is 0 Å². The zero-order valence-corrected chi connectivity index (χ0v) is 13.5. The zero-order valence-electron chi connectivity index (χ0n) is 11.9. The van der Waals surface area contributed by atoms with Crippen molar-refractivity contribution in [3.63, 3.8) is 0 Å². The van der Waals surface area contributed by atoms with Crippen LogP contribution in [0.1, 0.15) is 38.2 Å². The summed E-state index contributed by atoms with van der Waals surface area (Å²) in [5, 5.41) is 3.42. The van der Waals surface area contributed by atoms with Crippen molar-refractivity contribution in [3.05, 3.63) is 28.2 Å². The molecule has 1 saturated heterocycles. The van der Waals surface area contributed by atoms with Gasteiger partial charge in [-0.25, -0.2) is 0 Å². The van der Waals surface area contributed by atoms with E-state index in [0.717, 1.165) is 22.6 Å². The molecule has 19 heavy (non-hydrogen) atoms. The number of benzene rings is 1. The lowest BCUT2D eigenvalue weighted by atomic mass is 9.92. The van der Waals surface area contributed by atoms with E-state index in [1.807, 2.05) is 6.07 Å². The fourth-order valence-electron chi connectivity index (χ4n) is 2.63. The van der Waals surface area contributed by atoms with E-state index >= 15 is 0 Å². The van der Waals surface area contributed by atoms with Crippen molar-refractivity contribution in [1.82, 2.24) is 5.32 Å². The molecule has 3 heteroatoms. The van der Waals surface area contributed by atoms with Gasteiger partial charge in [0.1, 0.15) is 5.75 Å². The second-order valence-corrected chi connectivity index (χ2v) is 6.42. The summed E-state index contributed by atoms with van der Waals surface area (Å²) in [6.45, 7) is 6.65. The first-order chi connectivity index (χ1) is 9.16. The minimum Gasteiger partial charge on any atom is -0.490 e. The van der Waals surface area contributed by atoms with Crippen molar-refractivity contribution in [3.8, 4) is 5.75 Å². The van der Waals surface area contributed by atoms with Crippen LogP contribution in [0.4, 0.5) is 0 Å². The summed E-state index contributed by atoms with van der Waals surface area (Å²) in [6, 6.07) is 6.15. The normalized spacial score (nSPS) is 18.3. The quantitative estimate of drug-likeness (QED) is 0.871. The number of nitrogens with one attached hydrogen (secondary N) is 1. The molecule has 0 amide bonds. The van der Waals surface area contributed by atoms with Gasteiger partial charge >= 0.3 is 0 Å². The minimum atomic E-state index is 0.294. The van der Waals surface area contributed by atoms with Crippen LogP contribution in [0.2, 0.25) is 0 Å². The first-order valence-corrected chi connectivity index (χ1v) is 8.08. The summed E-state index contributed by atoms with van der Waals surface area (Å²) < 4.78 is 7.19. The van der Waals surface area contributed by atoms with Crippen molar-refractivity contribution < 1.29 is 4.74 Å². The van der Waals surface area contributed by atoms with E-state index in [-0.39, 0.29) is 0 Å². The Balaban J connectivity index is 1.80. The van der Waals surface area contributed by atoms with Crippen molar-refractivity contribution in [2.45, 2.75) is 45.6 Å². The van der Waals surface area contributed by atoms with Gasteiger partial charge in [-0.15, -0.1) is 0 Å². The lowest BCUT2D eigenvalue weighted by Gasteiger charge is -2.24. The molecule has 0 saturated carbocycles. The monoisotopic (exact) mass is 325 g/mol. The fraction of sp³-hybridized carbons (Fsp3) is 0.625. The van der Waals surface area contributed by atoms with Gasteiger partial charge in [0.05, 0.1) is 6.10 Å². The second-order valence-electron chi connectivity index (χ2n) is 5.56. The highest BCUT2D eigenvalue weighted by Gasteiger charge is 2.15. The van der Waals surface area contributed by atoms with Gasteiger partial charge in [0.25, 0.3) is 0 Å². The van der Waals surface area contributed by atoms with Crippen molar-refractivity contribution in [1.29, 1.82) is 0 Å². The van der Waals surface area contributed by atoms with Gasteiger partial charge in [0, 0.05) is 10.0 Å². The van der Waals surface area contributed by atoms with Crippen LogP contribution < -0.4 is 10.1 Å². The molecule has 0 unspecified atom stereocenters. The smallest absolute Gasteiger partial charge is 0.123 e. The lowest BCUT2D eigenvalue weighted by molar-refractivity contribution is 0.191. The lowest BCUT2D eigenvalue weighted by Crippen LogP contribution is -2.28. The molecular formula is C16H24BrNO. The molecule has 1 aliphatic heterocycles. The molecule has 1 heterocycles. The van der Waals surface area contributed by atoms with E-state index in [0.29, 0.717) is 6.10 Å². The molecule has 0 bridgehead atoms. The Bertz CT molecular complexity index is 402. The molecule has 1 atom stereocenters. The summed E-state index contributed by atoms with van der Waals surface area (Å²) >= 11 is 3.55. The van der Waals surface area contributed by atoms with E-state index in [2.05, 4.69) is 47.2 Å². The van der Waals surface area contributed by atoms with Gasteiger partial charge in [-0.3, -0.25) is 0 Å². The fourth-order valence-corrected chi connectivity index (χ4v) is 2.98. The Labute approximate surface area is 125 Å². The van der Waals surface area contributed by atoms with E-state index in [9.17, 15) is 0 Å². The molecule has 1 aromatic rings. The van der Waals surface area contributed by atoms with Crippen LogP contribution in [0.3, 0.4) is 0 Å². The Morgan fingerprint density at radius 3 is 2.84 bits per heavy atom. The van der Waals surface area contributed by atoms with E-state index in [1.54, 1.807) is 0 Å². The highest BCUT2D eigenvalue weighted by Crippen LogP contribution is 2.27. The second kappa shape index (κ2) is 7.30. The maximum atomic E-state index is 6.07. The standard InChI is InChI=1S/C16H24BrNO/c1-12(6-7-14-8-10-18-11-9-14)19-16-5-3-4-15(17)13(16)2/h3-5,12,14,18H,6-11H2,1-2H3/t12-/m1/s1. The summed E-state index contributed by atoms with van der Waals surface area (Å²) in [4.78, 5) is 0. The number of ether oxygens (including phenoxy) is 1. The molecule has 1 aromatic carbocycles. The largest absolute Gasteiger partial charge is 0.490 e. The SMILES string of the molecule is Cc1c(Br)cccc1O[C@H](C)CCC1CCNCC1. The molecule has 0 aliphatic carbocycles. The zero-order chi connectivity index (χ0) is 13.7. The molecule has 0 aromatic heterocycles. The summed E-state index contributed by atoms with van der Waals surface area (Å²) in [5.41, 5.74) is 1.19. The molecule has 1 fully saturated rings. The molecular weight excluding hydrogens is 302 g/mol. The van der Waals surface area contributed by atoms with Gasteiger partial charge in [-0.2, -0.15) is 0 Å². The van der Waals surface area contributed by atoms with Crippen molar-refractivity contribution in [2.75, 3.05) is 13.1 Å². The highest BCUT2D eigenvalue weighted by atomic mass is 79.9. The first-order valence-electron chi connectivity index (χ1n) is 7.29. The maximum Gasteiger partial charge on any atom is 0.123 e. The average Bonchev–Trinajstić information content (AvgIpc) is 2.43. The number of halogens is 1. The first kappa shape index (κ1) is 14.9. The van der Waals surface area contributed by atoms with Crippen LogP contribution in [0.15, 0.2) is 22.7 Å². The van der Waals surface area contributed by atoms with Crippen molar-refractivity contribution in [2.24, 2.45) is 5.92 Å². The minimum absolute atomic E-state index is 0.294. The molecule has 2 rings (SSSR count). The third-order valence-corrected chi connectivity index (χ3v) is 4.85. The van der Waals surface area contributed by atoms with Crippen molar-refractivity contribution >= 4 is 15.9 Å². The third-order valence-electron chi connectivity index (χ3n) is 3.99. The van der Waals surface area contributed by atoms with Crippen LogP contribution in [-0.4, -0.2) is 19.2 Å². The summed E-state index contributed by atoms with van der Waals surface area (Å²) in [7, 11) is 0. The van der Waals surface area contributed by atoms with E-state index in [1.165, 1.54) is 37.9 Å². The number of hydrogen-bond donors (Lipinski definition) is 1. The topological polar surface area (TPSA) is 21.3 Å². The predicted octanol–water partition coefficient (Wildman–Crippen LogP) is 4.30. The Hall–Kier alpha value is -0.540. The van der Waals surface area contributed by atoms with Crippen LogP contribution in [0, 0.1) is 12.8 Å². The van der Waals surface area contributed by atoms with Gasteiger partial charge in [-0.1, -0.05) is 22.0 Å². The summed E-state index contributed by atoms with van der Waals surface area (Å²) in [5.74, 6) is 1.89. The number of hydrogen-bond acceptors (Lipinski definition) is 2. The Morgan fingerprint density at radius 1 is 1.37 bits per heavy atom. The van der Waals surface area contributed by atoms with Gasteiger partial charge in [-0.05, 0) is 70.7 Å². The number of rotatable bonds is 5. The Kier molecular flexibility index (Phi) is 5.71. The third kappa shape index (κ3) is 4.50. The van der Waals surface area contributed by atoms with Crippen LogP contribution >= 0.6 is 15.9 Å².